The molecule has 1 aliphatic heterocycles. The van der Waals surface area contributed by atoms with Crippen LogP contribution < -0.4 is 4.74 Å². The van der Waals surface area contributed by atoms with Crippen molar-refractivity contribution in [2.24, 2.45) is 0 Å². The van der Waals surface area contributed by atoms with Crippen LogP contribution in [0.4, 0.5) is 0 Å². The minimum atomic E-state index is 0.558. The highest BCUT2D eigenvalue weighted by molar-refractivity contribution is 5.55. The number of benzene rings is 2. The summed E-state index contributed by atoms with van der Waals surface area (Å²) in [5.41, 5.74) is 2.09. The van der Waals surface area contributed by atoms with Gasteiger partial charge in [-0.15, -0.1) is 0 Å². The van der Waals surface area contributed by atoms with Crippen LogP contribution in [-0.2, 0) is 13.2 Å². The Bertz CT molecular complexity index is 822. The predicted molar refractivity (Wildman–Crippen MR) is 104 cm³/mol. The van der Waals surface area contributed by atoms with Crippen LogP contribution >= 0.6 is 0 Å². The third-order valence-electron chi connectivity index (χ3n) is 4.89. The molecule has 0 radical (unpaired) electrons. The van der Waals surface area contributed by atoms with Gasteiger partial charge in [-0.2, -0.15) is 4.98 Å². The molecule has 2 heterocycles. The van der Waals surface area contributed by atoms with Gasteiger partial charge in [-0.3, -0.25) is 4.90 Å². The fourth-order valence-corrected chi connectivity index (χ4v) is 3.36. The summed E-state index contributed by atoms with van der Waals surface area (Å²) in [5.74, 6) is 2.15. The SMILES string of the molecule is c1ccc(COc2ccc(-c3noc(CN4CCCCCC4)n3)cc2)cc1. The van der Waals surface area contributed by atoms with Gasteiger partial charge >= 0.3 is 0 Å². The molecule has 5 nitrogen and oxygen atoms in total. The smallest absolute Gasteiger partial charge is 0.241 e. The molecule has 5 heteroatoms. The Morgan fingerprint density at radius 2 is 1.63 bits per heavy atom. The highest BCUT2D eigenvalue weighted by Crippen LogP contribution is 2.21. The minimum absolute atomic E-state index is 0.558. The minimum Gasteiger partial charge on any atom is -0.489 e. The van der Waals surface area contributed by atoms with E-state index in [1.807, 2.05) is 42.5 Å². The number of hydrogen-bond acceptors (Lipinski definition) is 5. The van der Waals surface area contributed by atoms with E-state index in [9.17, 15) is 0 Å². The van der Waals surface area contributed by atoms with Crippen molar-refractivity contribution >= 4 is 0 Å². The lowest BCUT2D eigenvalue weighted by atomic mass is 10.2. The summed E-state index contributed by atoms with van der Waals surface area (Å²) >= 11 is 0. The summed E-state index contributed by atoms with van der Waals surface area (Å²) < 4.78 is 11.3. The second-order valence-electron chi connectivity index (χ2n) is 7.00. The molecule has 0 N–H and O–H groups in total. The quantitative estimate of drug-likeness (QED) is 0.636. The van der Waals surface area contributed by atoms with Crippen molar-refractivity contribution in [2.45, 2.75) is 38.8 Å². The van der Waals surface area contributed by atoms with Gasteiger partial charge in [-0.25, -0.2) is 0 Å². The number of likely N-dealkylation sites (tertiary alicyclic amines) is 1. The molecule has 0 bridgehead atoms. The van der Waals surface area contributed by atoms with Crippen LogP contribution in [0.1, 0.15) is 37.1 Å². The van der Waals surface area contributed by atoms with Crippen molar-refractivity contribution in [3.8, 4) is 17.1 Å². The topological polar surface area (TPSA) is 51.4 Å². The molecular formula is C22H25N3O2. The maximum Gasteiger partial charge on any atom is 0.241 e. The molecule has 27 heavy (non-hydrogen) atoms. The molecule has 0 aliphatic carbocycles. The Hall–Kier alpha value is -2.66. The molecule has 0 unspecified atom stereocenters. The zero-order valence-electron chi connectivity index (χ0n) is 15.5. The number of nitrogens with zero attached hydrogens (tertiary/aromatic N) is 3. The summed E-state index contributed by atoms with van der Waals surface area (Å²) in [4.78, 5) is 6.98. The summed E-state index contributed by atoms with van der Waals surface area (Å²) in [6, 6.07) is 18.0. The van der Waals surface area contributed by atoms with E-state index >= 15 is 0 Å². The second-order valence-corrected chi connectivity index (χ2v) is 7.00. The highest BCUT2D eigenvalue weighted by Gasteiger charge is 2.14. The van der Waals surface area contributed by atoms with Gasteiger partial charge in [0.15, 0.2) is 0 Å². The van der Waals surface area contributed by atoms with E-state index < -0.39 is 0 Å². The number of ether oxygens (including phenoxy) is 1. The second kappa shape index (κ2) is 8.82. The van der Waals surface area contributed by atoms with Crippen molar-refractivity contribution in [3.05, 3.63) is 66.1 Å². The van der Waals surface area contributed by atoms with Crippen LogP contribution in [0, 0.1) is 0 Å². The zero-order chi connectivity index (χ0) is 18.3. The predicted octanol–water partition coefficient (Wildman–Crippen LogP) is 4.69. The molecule has 0 saturated carbocycles. The first-order chi connectivity index (χ1) is 13.4. The van der Waals surface area contributed by atoms with Crippen molar-refractivity contribution in [1.82, 2.24) is 15.0 Å². The van der Waals surface area contributed by atoms with Crippen LogP contribution in [0.2, 0.25) is 0 Å². The van der Waals surface area contributed by atoms with Crippen LogP contribution in [0.3, 0.4) is 0 Å². The third-order valence-corrected chi connectivity index (χ3v) is 4.89. The highest BCUT2D eigenvalue weighted by atomic mass is 16.5. The lowest BCUT2D eigenvalue weighted by molar-refractivity contribution is 0.234. The molecule has 1 saturated heterocycles. The fourth-order valence-electron chi connectivity index (χ4n) is 3.36. The van der Waals surface area contributed by atoms with Crippen molar-refractivity contribution in [2.75, 3.05) is 13.1 Å². The lowest BCUT2D eigenvalue weighted by Crippen LogP contribution is -2.24. The first-order valence-electron chi connectivity index (χ1n) is 9.69. The van der Waals surface area contributed by atoms with Crippen LogP contribution in [0.5, 0.6) is 5.75 Å². The fraction of sp³-hybridized carbons (Fsp3) is 0.364. The molecule has 0 atom stereocenters. The van der Waals surface area contributed by atoms with E-state index in [0.29, 0.717) is 18.3 Å². The van der Waals surface area contributed by atoms with E-state index in [4.69, 9.17) is 9.26 Å². The average molecular weight is 363 g/mol. The van der Waals surface area contributed by atoms with Gasteiger partial charge in [0.05, 0.1) is 6.54 Å². The first kappa shape index (κ1) is 17.7. The van der Waals surface area contributed by atoms with Gasteiger partial charge in [0.1, 0.15) is 12.4 Å². The largest absolute Gasteiger partial charge is 0.489 e. The average Bonchev–Trinajstić information content (AvgIpc) is 3.03. The molecule has 0 spiro atoms. The van der Waals surface area contributed by atoms with Gasteiger partial charge in [0, 0.05) is 5.56 Å². The Morgan fingerprint density at radius 3 is 2.37 bits per heavy atom. The normalized spacial score (nSPS) is 15.4. The van der Waals surface area contributed by atoms with E-state index in [1.165, 1.54) is 25.7 Å². The molecule has 0 amide bonds. The summed E-state index contributed by atoms with van der Waals surface area (Å²) in [5, 5.41) is 4.15. The molecule has 1 aliphatic rings. The van der Waals surface area contributed by atoms with E-state index in [2.05, 4.69) is 27.2 Å². The Balaban J connectivity index is 1.35. The van der Waals surface area contributed by atoms with Crippen molar-refractivity contribution in [1.29, 1.82) is 0 Å². The molecule has 4 rings (SSSR count). The number of hydrogen-bond donors (Lipinski definition) is 0. The molecule has 1 fully saturated rings. The van der Waals surface area contributed by atoms with Crippen molar-refractivity contribution in [3.63, 3.8) is 0 Å². The van der Waals surface area contributed by atoms with Crippen LogP contribution in [-0.4, -0.2) is 28.1 Å². The summed E-state index contributed by atoms with van der Waals surface area (Å²) in [6.45, 7) is 3.53. The van der Waals surface area contributed by atoms with Crippen LogP contribution in [0.15, 0.2) is 59.1 Å². The van der Waals surface area contributed by atoms with E-state index in [1.54, 1.807) is 0 Å². The molecule has 1 aromatic heterocycles. The first-order valence-corrected chi connectivity index (χ1v) is 9.69. The zero-order valence-corrected chi connectivity index (χ0v) is 15.5. The standard InChI is InChI=1S/C22H25N3O2/c1-2-7-15-25(14-6-1)16-21-23-22(24-27-21)19-10-12-20(13-11-19)26-17-18-8-4-3-5-9-18/h3-5,8-13H,1-2,6-7,14-17H2. The Labute approximate surface area is 160 Å². The number of aromatic nitrogens is 2. The summed E-state index contributed by atoms with van der Waals surface area (Å²) in [6.07, 6.45) is 5.16. The molecule has 3 aromatic rings. The van der Waals surface area contributed by atoms with Gasteiger partial charge in [0.25, 0.3) is 0 Å². The Kier molecular flexibility index (Phi) is 5.80. The van der Waals surface area contributed by atoms with E-state index in [-0.39, 0.29) is 0 Å². The summed E-state index contributed by atoms with van der Waals surface area (Å²) in [7, 11) is 0. The monoisotopic (exact) mass is 363 g/mol. The van der Waals surface area contributed by atoms with Gasteiger partial charge in [0.2, 0.25) is 11.7 Å². The van der Waals surface area contributed by atoms with Gasteiger partial charge in [-0.1, -0.05) is 48.3 Å². The van der Waals surface area contributed by atoms with Gasteiger partial charge < -0.3 is 9.26 Å². The van der Waals surface area contributed by atoms with Crippen LogP contribution in [0.25, 0.3) is 11.4 Å². The lowest BCUT2D eigenvalue weighted by Gasteiger charge is -2.16. The Morgan fingerprint density at radius 1 is 0.889 bits per heavy atom. The molecule has 140 valence electrons. The number of rotatable bonds is 6. The third kappa shape index (κ3) is 4.95. The maximum atomic E-state index is 5.83. The molecular weight excluding hydrogens is 338 g/mol. The van der Waals surface area contributed by atoms with Gasteiger partial charge in [-0.05, 0) is 55.8 Å². The van der Waals surface area contributed by atoms with Crippen molar-refractivity contribution < 1.29 is 9.26 Å². The molecule has 2 aromatic carbocycles. The maximum absolute atomic E-state index is 5.83. The van der Waals surface area contributed by atoms with E-state index in [0.717, 1.165) is 36.5 Å².